The highest BCUT2D eigenvalue weighted by molar-refractivity contribution is 7.09. The van der Waals surface area contributed by atoms with Gasteiger partial charge in [-0.1, -0.05) is 36.4 Å². The molecule has 0 fully saturated rings. The molecule has 0 atom stereocenters. The van der Waals surface area contributed by atoms with Crippen molar-refractivity contribution >= 4 is 22.1 Å². The summed E-state index contributed by atoms with van der Waals surface area (Å²) in [5.74, 6) is 0. The number of hydrogen-bond acceptors (Lipinski definition) is 3. The molecule has 1 heterocycles. The van der Waals surface area contributed by atoms with E-state index in [1.807, 2.05) is 0 Å². The molecule has 3 aromatic rings. The summed E-state index contributed by atoms with van der Waals surface area (Å²) in [6, 6.07) is 14.8. The second kappa shape index (κ2) is 4.28. The molecule has 0 unspecified atom stereocenters. The predicted molar refractivity (Wildman–Crippen MR) is 72.9 cm³/mol. The van der Waals surface area contributed by atoms with Crippen LogP contribution in [0.4, 0.5) is 0 Å². The summed E-state index contributed by atoms with van der Waals surface area (Å²) in [5, 5.41) is 5.54. The van der Waals surface area contributed by atoms with Gasteiger partial charge in [0.25, 0.3) is 0 Å². The van der Waals surface area contributed by atoms with E-state index >= 15 is 0 Å². The Labute approximate surface area is 104 Å². The van der Waals surface area contributed by atoms with Crippen molar-refractivity contribution in [3.05, 3.63) is 52.9 Å². The van der Waals surface area contributed by atoms with Crippen molar-refractivity contribution in [3.8, 4) is 11.3 Å². The molecular weight excluding hydrogens is 228 g/mol. The van der Waals surface area contributed by atoms with Crippen molar-refractivity contribution in [2.75, 3.05) is 0 Å². The number of nitrogens with two attached hydrogens (primary N) is 1. The zero-order valence-corrected chi connectivity index (χ0v) is 10.1. The zero-order chi connectivity index (χ0) is 11.7. The van der Waals surface area contributed by atoms with Gasteiger partial charge >= 0.3 is 0 Å². The fraction of sp³-hybridized carbons (Fsp3) is 0.0714. The van der Waals surface area contributed by atoms with Crippen molar-refractivity contribution in [1.82, 2.24) is 4.98 Å². The van der Waals surface area contributed by atoms with Gasteiger partial charge in [-0.3, -0.25) is 0 Å². The normalized spacial score (nSPS) is 10.9. The van der Waals surface area contributed by atoms with Gasteiger partial charge in [0.15, 0.2) is 0 Å². The molecular formula is C14H12N2S. The van der Waals surface area contributed by atoms with E-state index in [0.29, 0.717) is 6.54 Å². The van der Waals surface area contributed by atoms with Gasteiger partial charge in [-0.25, -0.2) is 4.98 Å². The smallest absolute Gasteiger partial charge is 0.107 e. The minimum atomic E-state index is 0.512. The van der Waals surface area contributed by atoms with E-state index in [1.54, 1.807) is 11.3 Å². The SMILES string of the molecule is NCc1nc(-c2ccc3ccccc3c2)cs1. The van der Waals surface area contributed by atoms with E-state index in [0.717, 1.165) is 16.3 Å². The molecule has 84 valence electrons. The number of fused-ring (bicyclic) bond motifs is 1. The van der Waals surface area contributed by atoms with Gasteiger partial charge in [0.2, 0.25) is 0 Å². The van der Waals surface area contributed by atoms with E-state index < -0.39 is 0 Å². The number of hydrogen-bond donors (Lipinski definition) is 1. The van der Waals surface area contributed by atoms with Crippen LogP contribution < -0.4 is 5.73 Å². The monoisotopic (exact) mass is 240 g/mol. The van der Waals surface area contributed by atoms with Crippen LogP contribution >= 0.6 is 11.3 Å². The number of nitrogens with zero attached hydrogens (tertiary/aromatic N) is 1. The second-order valence-corrected chi connectivity index (χ2v) is 4.84. The summed E-state index contributed by atoms with van der Waals surface area (Å²) in [6.07, 6.45) is 0. The molecule has 0 amide bonds. The van der Waals surface area contributed by atoms with Crippen LogP contribution in [0, 0.1) is 0 Å². The highest BCUT2D eigenvalue weighted by Gasteiger charge is 2.04. The first-order chi connectivity index (χ1) is 8.36. The third kappa shape index (κ3) is 1.95. The molecule has 3 rings (SSSR count). The van der Waals surface area contributed by atoms with Crippen molar-refractivity contribution in [2.45, 2.75) is 6.54 Å². The average Bonchev–Trinajstić information content (AvgIpc) is 2.87. The second-order valence-electron chi connectivity index (χ2n) is 3.89. The van der Waals surface area contributed by atoms with Gasteiger partial charge < -0.3 is 5.73 Å². The summed E-state index contributed by atoms with van der Waals surface area (Å²) in [5.41, 5.74) is 7.75. The van der Waals surface area contributed by atoms with Crippen LogP contribution in [0.1, 0.15) is 5.01 Å². The molecule has 0 aliphatic rings. The fourth-order valence-corrected chi connectivity index (χ4v) is 2.57. The van der Waals surface area contributed by atoms with Crippen molar-refractivity contribution in [1.29, 1.82) is 0 Å². The first-order valence-corrected chi connectivity index (χ1v) is 6.38. The summed E-state index contributed by atoms with van der Waals surface area (Å²) in [6.45, 7) is 0.512. The van der Waals surface area contributed by atoms with Gasteiger partial charge in [-0.05, 0) is 16.8 Å². The summed E-state index contributed by atoms with van der Waals surface area (Å²) in [4.78, 5) is 4.50. The molecule has 1 aromatic heterocycles. The van der Waals surface area contributed by atoms with Crippen LogP contribution in [0.15, 0.2) is 47.8 Å². The highest BCUT2D eigenvalue weighted by Crippen LogP contribution is 2.25. The van der Waals surface area contributed by atoms with Crippen molar-refractivity contribution in [3.63, 3.8) is 0 Å². The third-order valence-corrected chi connectivity index (χ3v) is 3.64. The topological polar surface area (TPSA) is 38.9 Å². The summed E-state index contributed by atoms with van der Waals surface area (Å²) in [7, 11) is 0. The molecule has 0 aliphatic carbocycles. The standard InChI is InChI=1S/C14H12N2S/c15-8-14-16-13(9-17-14)12-6-5-10-3-1-2-4-11(10)7-12/h1-7,9H,8,15H2. The minimum Gasteiger partial charge on any atom is -0.325 e. The van der Waals surface area contributed by atoms with E-state index in [2.05, 4.69) is 52.8 Å². The Kier molecular flexibility index (Phi) is 2.63. The van der Waals surface area contributed by atoms with E-state index in [4.69, 9.17) is 5.73 Å². The first kappa shape index (κ1) is 10.4. The van der Waals surface area contributed by atoms with Crippen LogP contribution in [0.2, 0.25) is 0 Å². The van der Waals surface area contributed by atoms with Crippen LogP contribution in [0.3, 0.4) is 0 Å². The van der Waals surface area contributed by atoms with Gasteiger partial charge in [0.05, 0.1) is 5.69 Å². The quantitative estimate of drug-likeness (QED) is 0.745. The van der Waals surface area contributed by atoms with Crippen LogP contribution in [0.5, 0.6) is 0 Å². The van der Waals surface area contributed by atoms with Crippen LogP contribution in [0.25, 0.3) is 22.0 Å². The molecule has 2 N–H and O–H groups in total. The molecule has 0 radical (unpaired) electrons. The van der Waals surface area contributed by atoms with Gasteiger partial charge in [0.1, 0.15) is 5.01 Å². The minimum absolute atomic E-state index is 0.512. The molecule has 0 bridgehead atoms. The fourth-order valence-electron chi connectivity index (χ4n) is 1.89. The van der Waals surface area contributed by atoms with E-state index in [9.17, 15) is 0 Å². The lowest BCUT2D eigenvalue weighted by Crippen LogP contribution is -1.94. The van der Waals surface area contributed by atoms with Crippen molar-refractivity contribution < 1.29 is 0 Å². The highest BCUT2D eigenvalue weighted by atomic mass is 32.1. The van der Waals surface area contributed by atoms with Crippen LogP contribution in [-0.4, -0.2) is 4.98 Å². The Morgan fingerprint density at radius 3 is 2.65 bits per heavy atom. The molecule has 0 aliphatic heterocycles. The van der Waals surface area contributed by atoms with Gasteiger partial charge in [0, 0.05) is 17.5 Å². The number of benzene rings is 2. The summed E-state index contributed by atoms with van der Waals surface area (Å²) >= 11 is 1.61. The Morgan fingerprint density at radius 2 is 1.88 bits per heavy atom. The maximum Gasteiger partial charge on any atom is 0.107 e. The predicted octanol–water partition coefficient (Wildman–Crippen LogP) is 3.42. The lowest BCUT2D eigenvalue weighted by atomic mass is 10.1. The first-order valence-electron chi connectivity index (χ1n) is 5.50. The zero-order valence-electron chi connectivity index (χ0n) is 9.26. The van der Waals surface area contributed by atoms with Gasteiger partial charge in [-0.15, -0.1) is 11.3 Å². The molecule has 17 heavy (non-hydrogen) atoms. The molecule has 0 saturated carbocycles. The van der Waals surface area contributed by atoms with Gasteiger partial charge in [-0.2, -0.15) is 0 Å². The maximum atomic E-state index is 5.58. The Hall–Kier alpha value is -1.71. The Bertz CT molecular complexity index is 658. The maximum absolute atomic E-state index is 5.58. The average molecular weight is 240 g/mol. The van der Waals surface area contributed by atoms with Crippen LogP contribution in [-0.2, 0) is 6.54 Å². The number of thiazole rings is 1. The van der Waals surface area contributed by atoms with Crippen molar-refractivity contribution in [2.24, 2.45) is 5.73 Å². The Morgan fingerprint density at radius 1 is 1.06 bits per heavy atom. The molecule has 3 heteroatoms. The Balaban J connectivity index is 2.11. The molecule has 2 aromatic carbocycles. The lowest BCUT2D eigenvalue weighted by molar-refractivity contribution is 1.04. The number of rotatable bonds is 2. The number of aromatic nitrogens is 1. The molecule has 0 spiro atoms. The lowest BCUT2D eigenvalue weighted by Gasteiger charge is -2.00. The van der Waals surface area contributed by atoms with E-state index in [1.165, 1.54) is 10.8 Å². The van der Waals surface area contributed by atoms with E-state index in [-0.39, 0.29) is 0 Å². The summed E-state index contributed by atoms with van der Waals surface area (Å²) < 4.78 is 0. The third-order valence-electron chi connectivity index (χ3n) is 2.77. The largest absolute Gasteiger partial charge is 0.325 e. The molecule has 0 saturated heterocycles. The molecule has 2 nitrogen and oxygen atoms in total.